The van der Waals surface area contributed by atoms with E-state index >= 15 is 0 Å². The predicted octanol–water partition coefficient (Wildman–Crippen LogP) is 2.01. The average molecular weight is 450 g/mol. The number of likely N-dealkylation sites (tertiary alicyclic amines) is 1. The minimum atomic E-state index is -0.919. The van der Waals surface area contributed by atoms with E-state index in [4.69, 9.17) is 4.74 Å². The number of benzene rings is 1. The number of rotatable bonds is 5. The van der Waals surface area contributed by atoms with Crippen molar-refractivity contribution in [1.29, 1.82) is 0 Å². The van der Waals surface area contributed by atoms with Crippen molar-refractivity contribution in [2.24, 2.45) is 5.92 Å². The van der Waals surface area contributed by atoms with Crippen LogP contribution in [0.25, 0.3) is 0 Å². The molecule has 0 unspecified atom stereocenters. The molecule has 1 saturated heterocycles. The summed E-state index contributed by atoms with van der Waals surface area (Å²) >= 11 is 0. The van der Waals surface area contributed by atoms with Crippen LogP contribution in [-0.2, 0) is 23.1 Å². The summed E-state index contributed by atoms with van der Waals surface area (Å²) in [7, 11) is 0. The van der Waals surface area contributed by atoms with Crippen LogP contribution in [0.15, 0.2) is 30.5 Å². The van der Waals surface area contributed by atoms with E-state index in [1.807, 2.05) is 24.4 Å². The minimum absolute atomic E-state index is 0.0492. The van der Waals surface area contributed by atoms with Gasteiger partial charge in [0.05, 0.1) is 23.5 Å². The minimum Gasteiger partial charge on any atom is -0.504 e. The number of ether oxygens (including phenoxy) is 1. The van der Waals surface area contributed by atoms with E-state index in [-0.39, 0.29) is 36.3 Å². The maximum atomic E-state index is 12.9. The number of nitrogens with one attached hydrogen (secondary N) is 2. The molecule has 3 heterocycles. The zero-order valence-electron chi connectivity index (χ0n) is 18.7. The number of phenols is 1. The third-order valence-corrected chi connectivity index (χ3v) is 9.12. The molecule has 1 amide bonds. The Morgan fingerprint density at radius 2 is 2.12 bits per heavy atom. The molecule has 7 heteroatoms. The van der Waals surface area contributed by atoms with Crippen LogP contribution >= 0.6 is 0 Å². The first kappa shape index (κ1) is 19.9. The highest BCUT2D eigenvalue weighted by molar-refractivity contribution is 5.78. The lowest BCUT2D eigenvalue weighted by Crippen LogP contribution is -2.78. The van der Waals surface area contributed by atoms with Crippen LogP contribution in [0.4, 0.5) is 0 Å². The highest BCUT2D eigenvalue weighted by Gasteiger charge is 2.73. The van der Waals surface area contributed by atoms with Gasteiger partial charge in [0.25, 0.3) is 0 Å². The number of phenolic OH excluding ortho intramolecular Hbond substituents is 1. The van der Waals surface area contributed by atoms with Crippen molar-refractivity contribution in [1.82, 2.24) is 15.2 Å². The second-order valence-electron chi connectivity index (χ2n) is 10.9. The summed E-state index contributed by atoms with van der Waals surface area (Å²) in [4.78, 5) is 18.5. The van der Waals surface area contributed by atoms with Gasteiger partial charge in [0.2, 0.25) is 5.91 Å². The molecular formula is C26H31N3O4. The molecule has 3 fully saturated rings. The smallest absolute Gasteiger partial charge is 0.226 e. The molecule has 7 nitrogen and oxygen atoms in total. The normalized spacial score (nSPS) is 36.2. The SMILES string of the molecule is O=C(Cc1ccc[nH]1)N[C@@H]1CC[C@@]2(O)[C@H]3Cc4ccc(O)c5c4[C@@]2(CCN3CC2CC2)[C@H]1O5. The molecule has 33 heavy (non-hydrogen) atoms. The standard InChI is InChI=1S/C26H31N3O4/c30-19-6-5-16-12-20-26(32)8-7-18(28-21(31)13-17-2-1-10-27-17)24-25(26,22(16)23(19)33-24)9-11-29(20)14-15-3-4-15/h1-2,5-6,10,15,18,20,24,27,30,32H,3-4,7-9,11-14H2,(H,28,31)/t18-,20-,24+,25+,26-/m1/s1. The molecule has 174 valence electrons. The van der Waals surface area contributed by atoms with Gasteiger partial charge in [-0.05, 0) is 74.8 Å². The van der Waals surface area contributed by atoms with E-state index < -0.39 is 11.0 Å². The van der Waals surface area contributed by atoms with Crippen molar-refractivity contribution >= 4 is 5.91 Å². The summed E-state index contributed by atoms with van der Waals surface area (Å²) in [5.41, 5.74) is 1.54. The molecule has 1 spiro atoms. The highest BCUT2D eigenvalue weighted by Crippen LogP contribution is 2.65. The summed E-state index contributed by atoms with van der Waals surface area (Å²) in [6.45, 7) is 1.98. The van der Waals surface area contributed by atoms with Crippen LogP contribution < -0.4 is 10.1 Å². The van der Waals surface area contributed by atoms with Crippen LogP contribution in [0.1, 0.15) is 48.9 Å². The van der Waals surface area contributed by atoms with Crippen molar-refractivity contribution < 1.29 is 19.7 Å². The van der Waals surface area contributed by atoms with Gasteiger partial charge >= 0.3 is 0 Å². The van der Waals surface area contributed by atoms with E-state index in [0.717, 1.165) is 43.1 Å². The van der Waals surface area contributed by atoms with E-state index in [2.05, 4.69) is 15.2 Å². The average Bonchev–Trinajstić information content (AvgIpc) is 3.31. The molecule has 0 radical (unpaired) electrons. The topological polar surface area (TPSA) is 97.8 Å². The lowest BCUT2D eigenvalue weighted by atomic mass is 9.48. The number of nitrogens with zero attached hydrogens (tertiary/aromatic N) is 1. The predicted molar refractivity (Wildman–Crippen MR) is 121 cm³/mol. The van der Waals surface area contributed by atoms with E-state index in [1.165, 1.54) is 18.4 Å². The Bertz CT molecular complexity index is 1110. The number of hydrogen-bond acceptors (Lipinski definition) is 5. The lowest BCUT2D eigenvalue weighted by Gasteiger charge is -2.64. The van der Waals surface area contributed by atoms with Gasteiger partial charge in [-0.25, -0.2) is 0 Å². The third kappa shape index (κ3) is 2.66. The number of amides is 1. The molecule has 2 aromatic rings. The highest BCUT2D eigenvalue weighted by atomic mass is 16.5. The van der Waals surface area contributed by atoms with Gasteiger partial charge in [-0.15, -0.1) is 0 Å². The maximum Gasteiger partial charge on any atom is 0.226 e. The molecule has 7 rings (SSSR count). The summed E-state index contributed by atoms with van der Waals surface area (Å²) < 4.78 is 6.50. The van der Waals surface area contributed by atoms with Gasteiger partial charge in [0.15, 0.2) is 11.5 Å². The van der Waals surface area contributed by atoms with E-state index in [1.54, 1.807) is 6.07 Å². The molecule has 2 bridgehead atoms. The van der Waals surface area contributed by atoms with Gasteiger partial charge in [-0.3, -0.25) is 9.69 Å². The van der Waals surface area contributed by atoms with Gasteiger partial charge < -0.3 is 25.3 Å². The second-order valence-corrected chi connectivity index (χ2v) is 10.9. The Labute approximate surface area is 193 Å². The zero-order chi connectivity index (χ0) is 22.4. The van der Waals surface area contributed by atoms with Crippen molar-refractivity contribution in [2.45, 2.75) is 74.1 Å². The number of aromatic nitrogens is 1. The van der Waals surface area contributed by atoms with Gasteiger partial charge in [0, 0.05) is 30.0 Å². The Hall–Kier alpha value is -2.51. The number of H-pyrrole nitrogens is 1. The fourth-order valence-electron chi connectivity index (χ4n) is 7.54. The van der Waals surface area contributed by atoms with Crippen LogP contribution in [-0.4, -0.2) is 62.9 Å². The Morgan fingerprint density at radius 1 is 1.24 bits per heavy atom. The first-order valence-corrected chi connectivity index (χ1v) is 12.4. The van der Waals surface area contributed by atoms with Crippen LogP contribution in [0, 0.1) is 5.92 Å². The Morgan fingerprint density at radius 3 is 2.91 bits per heavy atom. The fourth-order valence-corrected chi connectivity index (χ4v) is 7.54. The number of carbonyl (C=O) groups excluding carboxylic acids is 1. The van der Waals surface area contributed by atoms with E-state index in [9.17, 15) is 15.0 Å². The monoisotopic (exact) mass is 449 g/mol. The molecule has 4 N–H and O–H groups in total. The van der Waals surface area contributed by atoms with Crippen molar-refractivity contribution in [3.63, 3.8) is 0 Å². The second kappa shape index (κ2) is 6.76. The molecule has 1 aromatic carbocycles. The summed E-state index contributed by atoms with van der Waals surface area (Å²) in [5.74, 6) is 1.37. The summed E-state index contributed by atoms with van der Waals surface area (Å²) in [6, 6.07) is 7.39. The zero-order valence-corrected chi connectivity index (χ0v) is 18.7. The van der Waals surface area contributed by atoms with E-state index in [0.29, 0.717) is 18.6 Å². The molecule has 5 atom stereocenters. The summed E-state index contributed by atoms with van der Waals surface area (Å²) in [6.07, 6.45) is 7.17. The van der Waals surface area contributed by atoms with Crippen molar-refractivity contribution in [3.05, 3.63) is 47.3 Å². The van der Waals surface area contributed by atoms with Gasteiger partial charge in [0.1, 0.15) is 6.10 Å². The van der Waals surface area contributed by atoms with Crippen molar-refractivity contribution in [2.75, 3.05) is 13.1 Å². The molecule has 2 saturated carbocycles. The van der Waals surface area contributed by atoms with Crippen molar-refractivity contribution in [3.8, 4) is 11.5 Å². The first-order chi connectivity index (χ1) is 16.0. The van der Waals surface area contributed by atoms with Gasteiger partial charge in [-0.1, -0.05) is 6.07 Å². The van der Waals surface area contributed by atoms with Crippen LogP contribution in [0.5, 0.6) is 11.5 Å². The van der Waals surface area contributed by atoms with Crippen LogP contribution in [0.3, 0.4) is 0 Å². The fraction of sp³-hybridized carbons (Fsp3) is 0.577. The number of carbonyl (C=O) groups is 1. The number of aliphatic hydroxyl groups is 1. The Balaban J connectivity index is 1.27. The number of hydrogen-bond donors (Lipinski definition) is 4. The molecular weight excluding hydrogens is 418 g/mol. The number of aromatic amines is 1. The number of piperidine rings is 1. The van der Waals surface area contributed by atoms with Gasteiger partial charge in [-0.2, -0.15) is 0 Å². The quantitative estimate of drug-likeness (QED) is 0.560. The summed E-state index contributed by atoms with van der Waals surface area (Å²) in [5, 5.41) is 26.4. The first-order valence-electron chi connectivity index (χ1n) is 12.4. The lowest BCUT2D eigenvalue weighted by molar-refractivity contribution is -0.192. The Kier molecular flexibility index (Phi) is 4.08. The molecule has 2 aliphatic heterocycles. The number of aromatic hydroxyl groups is 1. The van der Waals surface area contributed by atoms with Crippen LogP contribution in [0.2, 0.25) is 0 Å². The maximum absolute atomic E-state index is 12.9. The molecule has 1 aromatic heterocycles. The molecule has 3 aliphatic carbocycles. The largest absolute Gasteiger partial charge is 0.504 e. The molecule has 5 aliphatic rings. The third-order valence-electron chi connectivity index (χ3n) is 9.12.